The zero-order chi connectivity index (χ0) is 12.5. The molecule has 0 bridgehead atoms. The quantitative estimate of drug-likeness (QED) is 0.818. The molecule has 2 N–H and O–H groups in total. The average Bonchev–Trinajstić information content (AvgIpc) is 2.26. The number of rotatable bonds is 4. The summed E-state index contributed by atoms with van der Waals surface area (Å²) < 4.78 is 5.97. The molecule has 0 aromatic rings. The summed E-state index contributed by atoms with van der Waals surface area (Å²) in [5, 5.41) is 0. The zero-order valence-corrected chi connectivity index (χ0v) is 11.7. The summed E-state index contributed by atoms with van der Waals surface area (Å²) in [5.41, 5.74) is 6.33. The molecule has 1 saturated heterocycles. The highest BCUT2D eigenvalue weighted by Crippen LogP contribution is 2.40. The van der Waals surface area contributed by atoms with Gasteiger partial charge in [0.2, 0.25) is 0 Å². The minimum absolute atomic E-state index is 0.0234. The smallest absolute Gasteiger partial charge is 0.0670 e. The van der Waals surface area contributed by atoms with Crippen LogP contribution < -0.4 is 5.73 Å². The van der Waals surface area contributed by atoms with Crippen LogP contribution in [0.25, 0.3) is 0 Å². The molecule has 0 amide bonds. The predicted molar refractivity (Wildman–Crippen MR) is 71.1 cm³/mol. The Bertz CT molecular complexity index is 267. The highest BCUT2D eigenvalue weighted by atomic mass is 16.5. The Kier molecular flexibility index (Phi) is 3.81. The summed E-state index contributed by atoms with van der Waals surface area (Å²) in [6, 6.07) is 0.762. The molecule has 2 fully saturated rings. The lowest BCUT2D eigenvalue weighted by Crippen LogP contribution is -2.63. The number of hydrogen-bond acceptors (Lipinski definition) is 3. The van der Waals surface area contributed by atoms with Crippen LogP contribution in [-0.4, -0.2) is 42.3 Å². The van der Waals surface area contributed by atoms with E-state index in [-0.39, 0.29) is 11.1 Å². The molecule has 1 saturated carbocycles. The van der Waals surface area contributed by atoms with Gasteiger partial charge in [0.05, 0.1) is 5.60 Å². The maximum absolute atomic E-state index is 6.13. The van der Waals surface area contributed by atoms with Crippen molar-refractivity contribution >= 4 is 0 Å². The normalized spacial score (nSPS) is 39.4. The molecule has 0 spiro atoms. The third-order valence-electron chi connectivity index (χ3n) is 5.22. The third-order valence-corrected chi connectivity index (χ3v) is 5.22. The lowest BCUT2D eigenvalue weighted by Gasteiger charge is -2.54. The first kappa shape index (κ1) is 13.3. The van der Waals surface area contributed by atoms with E-state index < -0.39 is 0 Å². The van der Waals surface area contributed by atoms with E-state index in [2.05, 4.69) is 25.8 Å². The lowest BCUT2D eigenvalue weighted by molar-refractivity contribution is -0.136. The van der Waals surface area contributed by atoms with Crippen molar-refractivity contribution in [1.82, 2.24) is 4.90 Å². The van der Waals surface area contributed by atoms with Crippen molar-refractivity contribution in [2.75, 3.05) is 20.2 Å². The van der Waals surface area contributed by atoms with Crippen LogP contribution in [0.15, 0.2) is 0 Å². The van der Waals surface area contributed by atoms with Crippen LogP contribution in [0, 0.1) is 0 Å². The summed E-state index contributed by atoms with van der Waals surface area (Å²) in [4.78, 5) is 2.58. The van der Waals surface area contributed by atoms with E-state index in [0.717, 1.165) is 38.5 Å². The van der Waals surface area contributed by atoms with Gasteiger partial charge >= 0.3 is 0 Å². The number of nitrogens with two attached hydrogens (primary N) is 1. The second-order valence-corrected chi connectivity index (χ2v) is 6.20. The molecule has 3 heteroatoms. The first-order valence-corrected chi connectivity index (χ1v) is 7.12. The molecule has 0 aromatic carbocycles. The molecule has 1 heterocycles. The fourth-order valence-electron chi connectivity index (χ4n) is 3.33. The van der Waals surface area contributed by atoms with Crippen molar-refractivity contribution < 1.29 is 4.74 Å². The van der Waals surface area contributed by atoms with Crippen LogP contribution in [0.1, 0.15) is 52.4 Å². The van der Waals surface area contributed by atoms with Crippen LogP contribution in [0.2, 0.25) is 0 Å². The minimum atomic E-state index is 0.0234. The van der Waals surface area contributed by atoms with Gasteiger partial charge in [-0.15, -0.1) is 0 Å². The summed E-state index contributed by atoms with van der Waals surface area (Å²) in [5.74, 6) is 0. The van der Waals surface area contributed by atoms with E-state index in [4.69, 9.17) is 10.5 Å². The number of likely N-dealkylation sites (N-methyl/N-ethyl adjacent to an activating group) is 1. The second kappa shape index (κ2) is 4.87. The van der Waals surface area contributed by atoms with E-state index in [1.165, 1.54) is 19.3 Å². The Labute approximate surface area is 106 Å². The Balaban J connectivity index is 2.12. The van der Waals surface area contributed by atoms with Gasteiger partial charge in [0, 0.05) is 24.7 Å². The Morgan fingerprint density at radius 2 is 2.12 bits per heavy atom. The standard InChI is InChI=1S/C14H28N2O/c1-4-13(2)10-14(11-15,8-9-17-13)16(3)12-6-5-7-12/h12H,4-11,15H2,1-3H3. The van der Waals surface area contributed by atoms with E-state index >= 15 is 0 Å². The lowest BCUT2D eigenvalue weighted by atomic mass is 9.76. The van der Waals surface area contributed by atoms with Gasteiger partial charge in [0.1, 0.15) is 0 Å². The Morgan fingerprint density at radius 1 is 1.41 bits per heavy atom. The third kappa shape index (κ3) is 2.38. The minimum Gasteiger partial charge on any atom is -0.375 e. The summed E-state index contributed by atoms with van der Waals surface area (Å²) in [6.45, 7) is 6.08. The first-order valence-electron chi connectivity index (χ1n) is 7.12. The first-order chi connectivity index (χ1) is 8.05. The molecule has 3 nitrogen and oxygen atoms in total. The van der Waals surface area contributed by atoms with E-state index in [1.807, 2.05) is 0 Å². The van der Waals surface area contributed by atoms with Gasteiger partial charge in [0.25, 0.3) is 0 Å². The van der Waals surface area contributed by atoms with Gasteiger partial charge in [-0.1, -0.05) is 13.3 Å². The molecule has 1 aliphatic carbocycles. The highest BCUT2D eigenvalue weighted by Gasteiger charge is 2.46. The molecule has 100 valence electrons. The predicted octanol–water partition coefficient (Wildman–Crippen LogP) is 2.15. The molecule has 2 rings (SSSR count). The molecular weight excluding hydrogens is 212 g/mol. The van der Waals surface area contributed by atoms with Gasteiger partial charge in [-0.2, -0.15) is 0 Å². The molecule has 0 aromatic heterocycles. The van der Waals surface area contributed by atoms with Crippen molar-refractivity contribution in [3.05, 3.63) is 0 Å². The number of ether oxygens (including phenoxy) is 1. The fraction of sp³-hybridized carbons (Fsp3) is 1.00. The summed E-state index contributed by atoms with van der Waals surface area (Å²) in [6.07, 6.45) is 7.33. The van der Waals surface area contributed by atoms with Crippen LogP contribution in [0.4, 0.5) is 0 Å². The maximum Gasteiger partial charge on any atom is 0.0670 e. The SMILES string of the molecule is CCC1(C)CC(CN)(N(C)C2CCC2)CCO1. The average molecular weight is 240 g/mol. The maximum atomic E-state index is 6.13. The fourth-order valence-corrected chi connectivity index (χ4v) is 3.33. The van der Waals surface area contributed by atoms with Gasteiger partial charge in [-0.25, -0.2) is 0 Å². The van der Waals surface area contributed by atoms with Crippen molar-refractivity contribution in [2.45, 2.75) is 69.6 Å². The van der Waals surface area contributed by atoms with Gasteiger partial charge in [-0.05, 0) is 46.1 Å². The van der Waals surface area contributed by atoms with Crippen LogP contribution in [0.3, 0.4) is 0 Å². The Morgan fingerprint density at radius 3 is 2.59 bits per heavy atom. The molecule has 2 unspecified atom stereocenters. The largest absolute Gasteiger partial charge is 0.375 e. The number of hydrogen-bond donors (Lipinski definition) is 1. The van der Waals surface area contributed by atoms with Gasteiger partial charge < -0.3 is 10.5 Å². The molecule has 1 aliphatic heterocycles. The Hall–Kier alpha value is -0.120. The van der Waals surface area contributed by atoms with Crippen molar-refractivity contribution in [1.29, 1.82) is 0 Å². The second-order valence-electron chi connectivity index (χ2n) is 6.20. The highest BCUT2D eigenvalue weighted by molar-refractivity contribution is 5.02. The number of nitrogens with zero attached hydrogens (tertiary/aromatic N) is 1. The van der Waals surface area contributed by atoms with Gasteiger partial charge in [-0.3, -0.25) is 4.90 Å². The van der Waals surface area contributed by atoms with E-state index in [0.29, 0.717) is 0 Å². The molecule has 0 radical (unpaired) electrons. The topological polar surface area (TPSA) is 38.5 Å². The van der Waals surface area contributed by atoms with Crippen LogP contribution in [-0.2, 0) is 4.74 Å². The monoisotopic (exact) mass is 240 g/mol. The van der Waals surface area contributed by atoms with Crippen molar-refractivity contribution in [3.63, 3.8) is 0 Å². The van der Waals surface area contributed by atoms with Crippen LogP contribution in [0.5, 0.6) is 0 Å². The van der Waals surface area contributed by atoms with E-state index in [1.54, 1.807) is 0 Å². The molecule has 2 aliphatic rings. The molecule has 2 atom stereocenters. The molecular formula is C14H28N2O. The summed E-state index contributed by atoms with van der Waals surface area (Å²) >= 11 is 0. The van der Waals surface area contributed by atoms with E-state index in [9.17, 15) is 0 Å². The summed E-state index contributed by atoms with van der Waals surface area (Å²) in [7, 11) is 2.28. The van der Waals surface area contributed by atoms with Crippen molar-refractivity contribution in [2.24, 2.45) is 5.73 Å². The van der Waals surface area contributed by atoms with Crippen LogP contribution >= 0.6 is 0 Å². The molecule has 17 heavy (non-hydrogen) atoms. The van der Waals surface area contributed by atoms with Crippen molar-refractivity contribution in [3.8, 4) is 0 Å². The zero-order valence-electron chi connectivity index (χ0n) is 11.7. The van der Waals surface area contributed by atoms with Gasteiger partial charge in [0.15, 0.2) is 0 Å².